The van der Waals surface area contributed by atoms with Crippen molar-refractivity contribution in [1.29, 1.82) is 5.26 Å². The minimum absolute atomic E-state index is 0.236. The lowest BCUT2D eigenvalue weighted by Gasteiger charge is -2.04. The molecule has 78 valence electrons. The maximum Gasteiger partial charge on any atom is 0.0790 e. The Balaban J connectivity index is 2.45. The average molecular weight is 229 g/mol. The fourth-order valence-electron chi connectivity index (χ4n) is 1.45. The van der Waals surface area contributed by atoms with Gasteiger partial charge >= 0.3 is 0 Å². The molecule has 0 radical (unpaired) electrons. The van der Waals surface area contributed by atoms with Crippen LogP contribution in [0.25, 0.3) is 11.3 Å². The normalized spacial score (nSPS) is 9.75. The summed E-state index contributed by atoms with van der Waals surface area (Å²) in [5, 5.41) is 9.20. The van der Waals surface area contributed by atoms with Crippen molar-refractivity contribution in [2.24, 2.45) is 0 Å². The molecule has 0 fully saturated rings. The predicted molar refractivity (Wildman–Crippen MR) is 64.0 cm³/mol. The Bertz CT molecular complexity index is 529. The van der Waals surface area contributed by atoms with Crippen LogP contribution >= 0.6 is 11.6 Å². The molecule has 0 saturated heterocycles. The maximum atomic E-state index is 8.66. The number of hydrogen-bond acceptors (Lipinski definition) is 2. The molecule has 0 aliphatic heterocycles. The van der Waals surface area contributed by atoms with Crippen molar-refractivity contribution in [3.05, 3.63) is 53.2 Å². The van der Waals surface area contributed by atoms with Gasteiger partial charge in [-0.25, -0.2) is 0 Å². The number of benzene rings is 1. The summed E-state index contributed by atoms with van der Waals surface area (Å²) in [7, 11) is 0. The van der Waals surface area contributed by atoms with Crippen LogP contribution in [0.4, 0.5) is 0 Å². The molecular weight excluding hydrogens is 220 g/mol. The van der Waals surface area contributed by atoms with E-state index in [0.717, 1.165) is 11.3 Å². The maximum absolute atomic E-state index is 8.66. The van der Waals surface area contributed by atoms with Gasteiger partial charge in [-0.3, -0.25) is 4.98 Å². The van der Waals surface area contributed by atoms with Crippen LogP contribution in [0.1, 0.15) is 5.69 Å². The van der Waals surface area contributed by atoms with Crippen molar-refractivity contribution < 1.29 is 0 Å². The smallest absolute Gasteiger partial charge is 0.0790 e. The van der Waals surface area contributed by atoms with E-state index in [-0.39, 0.29) is 6.42 Å². The molecule has 1 heterocycles. The quantitative estimate of drug-likeness (QED) is 0.789. The van der Waals surface area contributed by atoms with Crippen LogP contribution < -0.4 is 0 Å². The Morgan fingerprint density at radius 3 is 2.56 bits per heavy atom. The van der Waals surface area contributed by atoms with Gasteiger partial charge in [0.25, 0.3) is 0 Å². The van der Waals surface area contributed by atoms with Crippen LogP contribution in [0, 0.1) is 11.3 Å². The summed E-state index contributed by atoms with van der Waals surface area (Å²) in [4.78, 5) is 4.38. The van der Waals surface area contributed by atoms with E-state index in [0.29, 0.717) is 10.7 Å². The van der Waals surface area contributed by atoms with Gasteiger partial charge in [0, 0.05) is 5.56 Å². The minimum atomic E-state index is 0.236. The van der Waals surface area contributed by atoms with Crippen LogP contribution in [-0.2, 0) is 6.42 Å². The lowest BCUT2D eigenvalue weighted by atomic mass is 10.1. The molecule has 2 nitrogen and oxygen atoms in total. The van der Waals surface area contributed by atoms with Gasteiger partial charge in [-0.1, -0.05) is 41.9 Å². The van der Waals surface area contributed by atoms with Gasteiger partial charge in [-0.2, -0.15) is 5.26 Å². The van der Waals surface area contributed by atoms with E-state index < -0.39 is 0 Å². The summed E-state index contributed by atoms with van der Waals surface area (Å²) in [5.41, 5.74) is 2.50. The monoisotopic (exact) mass is 228 g/mol. The van der Waals surface area contributed by atoms with Crippen molar-refractivity contribution in [3.63, 3.8) is 0 Å². The average Bonchev–Trinajstić information content (AvgIpc) is 2.33. The number of halogens is 1. The Labute approximate surface area is 99.1 Å². The Morgan fingerprint density at radius 1 is 1.12 bits per heavy atom. The molecule has 0 amide bonds. The molecule has 0 saturated carbocycles. The first-order valence-corrected chi connectivity index (χ1v) is 5.27. The fourth-order valence-corrected chi connectivity index (χ4v) is 1.62. The minimum Gasteiger partial charge on any atom is -0.250 e. The summed E-state index contributed by atoms with van der Waals surface area (Å²) in [6.45, 7) is 0. The molecule has 2 rings (SSSR count). The molecule has 0 N–H and O–H groups in total. The van der Waals surface area contributed by atoms with Crippen LogP contribution in [0.5, 0.6) is 0 Å². The molecular formula is C13H9ClN2. The van der Waals surface area contributed by atoms with Crippen molar-refractivity contribution in [1.82, 2.24) is 4.98 Å². The summed E-state index contributed by atoms with van der Waals surface area (Å²) in [6, 6.07) is 15.5. The summed E-state index contributed by atoms with van der Waals surface area (Å²) in [6.07, 6.45) is 0.236. The molecule has 3 heteroatoms. The first-order valence-electron chi connectivity index (χ1n) is 4.89. The van der Waals surface area contributed by atoms with E-state index in [9.17, 15) is 0 Å². The lowest BCUT2D eigenvalue weighted by Crippen LogP contribution is -1.92. The highest BCUT2D eigenvalue weighted by atomic mass is 35.5. The van der Waals surface area contributed by atoms with Gasteiger partial charge in [0.2, 0.25) is 0 Å². The van der Waals surface area contributed by atoms with Crippen LogP contribution in [-0.4, -0.2) is 4.98 Å². The van der Waals surface area contributed by atoms with Crippen LogP contribution in [0.3, 0.4) is 0 Å². The number of rotatable bonds is 2. The Morgan fingerprint density at radius 2 is 1.88 bits per heavy atom. The Hall–Kier alpha value is -1.85. The molecule has 1 aromatic carbocycles. The Kier molecular flexibility index (Phi) is 3.19. The van der Waals surface area contributed by atoms with Crippen molar-refractivity contribution in [2.75, 3.05) is 0 Å². The molecule has 0 aliphatic rings. The lowest BCUT2D eigenvalue weighted by molar-refractivity contribution is 1.12. The van der Waals surface area contributed by atoms with Gasteiger partial charge < -0.3 is 0 Å². The molecule has 1 aromatic heterocycles. The summed E-state index contributed by atoms with van der Waals surface area (Å²) >= 11 is 5.95. The van der Waals surface area contributed by atoms with E-state index in [1.165, 1.54) is 0 Å². The second kappa shape index (κ2) is 4.78. The van der Waals surface area contributed by atoms with Crippen molar-refractivity contribution >= 4 is 11.6 Å². The number of aromatic nitrogens is 1. The van der Waals surface area contributed by atoms with E-state index in [1.807, 2.05) is 36.4 Å². The highest BCUT2D eigenvalue weighted by Crippen LogP contribution is 2.21. The van der Waals surface area contributed by atoms with E-state index in [2.05, 4.69) is 11.1 Å². The first-order chi connectivity index (χ1) is 7.81. The SMILES string of the molecule is N#CCc1nc(-c2ccccc2)ccc1Cl. The molecule has 0 aliphatic carbocycles. The summed E-state index contributed by atoms with van der Waals surface area (Å²) < 4.78 is 0. The molecule has 0 atom stereocenters. The molecule has 0 unspecified atom stereocenters. The van der Waals surface area contributed by atoms with E-state index in [1.54, 1.807) is 6.07 Å². The molecule has 0 bridgehead atoms. The predicted octanol–water partition coefficient (Wildman–Crippen LogP) is 3.47. The second-order valence-electron chi connectivity index (χ2n) is 3.33. The van der Waals surface area contributed by atoms with Gasteiger partial charge in [-0.15, -0.1) is 0 Å². The standard InChI is InChI=1S/C13H9ClN2/c14-11-6-7-12(16-13(11)8-9-15)10-4-2-1-3-5-10/h1-7H,8H2. The topological polar surface area (TPSA) is 36.7 Å². The molecule has 2 aromatic rings. The first kappa shape index (κ1) is 10.7. The zero-order valence-electron chi connectivity index (χ0n) is 8.52. The zero-order chi connectivity index (χ0) is 11.4. The van der Waals surface area contributed by atoms with Gasteiger partial charge in [-0.05, 0) is 12.1 Å². The third-order valence-electron chi connectivity index (χ3n) is 2.23. The van der Waals surface area contributed by atoms with E-state index in [4.69, 9.17) is 16.9 Å². The third-order valence-corrected chi connectivity index (χ3v) is 2.58. The highest BCUT2D eigenvalue weighted by Gasteiger charge is 2.04. The van der Waals surface area contributed by atoms with Crippen molar-refractivity contribution in [2.45, 2.75) is 6.42 Å². The zero-order valence-corrected chi connectivity index (χ0v) is 9.28. The molecule has 0 spiro atoms. The number of pyridine rings is 1. The second-order valence-corrected chi connectivity index (χ2v) is 3.73. The third kappa shape index (κ3) is 2.21. The number of nitriles is 1. The van der Waals surface area contributed by atoms with Gasteiger partial charge in [0.05, 0.1) is 28.9 Å². The summed E-state index contributed by atoms with van der Waals surface area (Å²) in [5.74, 6) is 0. The van der Waals surface area contributed by atoms with Crippen molar-refractivity contribution in [3.8, 4) is 17.3 Å². The largest absolute Gasteiger partial charge is 0.250 e. The highest BCUT2D eigenvalue weighted by molar-refractivity contribution is 6.31. The van der Waals surface area contributed by atoms with E-state index >= 15 is 0 Å². The molecule has 16 heavy (non-hydrogen) atoms. The number of hydrogen-bond donors (Lipinski definition) is 0. The number of nitrogens with zero attached hydrogens (tertiary/aromatic N) is 2. The van der Waals surface area contributed by atoms with Gasteiger partial charge in [0.15, 0.2) is 0 Å². The van der Waals surface area contributed by atoms with Crippen LogP contribution in [0.15, 0.2) is 42.5 Å². The van der Waals surface area contributed by atoms with Crippen LogP contribution in [0.2, 0.25) is 5.02 Å². The van der Waals surface area contributed by atoms with Gasteiger partial charge in [0.1, 0.15) is 0 Å². The fraction of sp³-hybridized carbons (Fsp3) is 0.0769.